The summed E-state index contributed by atoms with van der Waals surface area (Å²) in [5.41, 5.74) is 2.81. The SMILES string of the molecule is C1=CCC2NCN(SCc3ccccc3)C2=C1. The number of hydrogen-bond donors (Lipinski definition) is 1. The van der Waals surface area contributed by atoms with Gasteiger partial charge in [-0.05, 0) is 30.0 Å². The Bertz CT molecular complexity index is 439. The smallest absolute Gasteiger partial charge is 0.0793 e. The summed E-state index contributed by atoms with van der Waals surface area (Å²) >= 11 is 1.89. The highest BCUT2D eigenvalue weighted by Gasteiger charge is 2.27. The predicted molar refractivity (Wildman–Crippen MR) is 73.2 cm³/mol. The van der Waals surface area contributed by atoms with Crippen LogP contribution >= 0.6 is 11.9 Å². The average Bonchev–Trinajstić information content (AvgIpc) is 2.81. The molecule has 0 aromatic heterocycles. The van der Waals surface area contributed by atoms with Crippen molar-refractivity contribution >= 4 is 11.9 Å². The Hall–Kier alpha value is -1.19. The molecule has 3 heteroatoms. The van der Waals surface area contributed by atoms with Crippen LogP contribution in [0.4, 0.5) is 0 Å². The van der Waals surface area contributed by atoms with Gasteiger partial charge in [0.15, 0.2) is 0 Å². The number of rotatable bonds is 3. The van der Waals surface area contributed by atoms with Gasteiger partial charge in [0.2, 0.25) is 0 Å². The Kier molecular flexibility index (Phi) is 3.20. The predicted octanol–water partition coefficient (Wildman–Crippen LogP) is 2.91. The lowest BCUT2D eigenvalue weighted by molar-refractivity contribution is 0.619. The Morgan fingerprint density at radius 1 is 1.29 bits per heavy atom. The molecular formula is C14H16N2S. The van der Waals surface area contributed by atoms with Gasteiger partial charge in [0.1, 0.15) is 0 Å². The minimum Gasteiger partial charge on any atom is -0.304 e. The second-order valence-electron chi connectivity index (χ2n) is 4.31. The second-order valence-corrected chi connectivity index (χ2v) is 5.30. The first-order chi connectivity index (χ1) is 8.43. The van der Waals surface area contributed by atoms with E-state index in [-0.39, 0.29) is 0 Å². The number of nitrogens with one attached hydrogen (secondary N) is 1. The van der Waals surface area contributed by atoms with Crippen molar-refractivity contribution in [3.8, 4) is 0 Å². The third-order valence-electron chi connectivity index (χ3n) is 3.13. The number of benzene rings is 1. The van der Waals surface area contributed by atoms with Gasteiger partial charge < -0.3 is 4.31 Å². The summed E-state index contributed by atoms with van der Waals surface area (Å²) < 4.78 is 2.38. The molecule has 1 aliphatic heterocycles. The molecule has 1 aromatic rings. The minimum atomic E-state index is 0.531. The van der Waals surface area contributed by atoms with Crippen LogP contribution in [-0.4, -0.2) is 17.0 Å². The van der Waals surface area contributed by atoms with Crippen molar-refractivity contribution in [2.75, 3.05) is 6.67 Å². The van der Waals surface area contributed by atoms with Crippen molar-refractivity contribution in [3.63, 3.8) is 0 Å². The maximum absolute atomic E-state index is 3.53. The first-order valence-corrected chi connectivity index (χ1v) is 6.92. The molecule has 0 saturated carbocycles. The van der Waals surface area contributed by atoms with Crippen LogP contribution in [0, 0.1) is 0 Å². The maximum atomic E-state index is 3.53. The van der Waals surface area contributed by atoms with Crippen molar-refractivity contribution in [1.82, 2.24) is 9.62 Å². The van der Waals surface area contributed by atoms with Gasteiger partial charge in [-0.3, -0.25) is 5.32 Å². The van der Waals surface area contributed by atoms with Gasteiger partial charge in [-0.1, -0.05) is 42.5 Å². The van der Waals surface area contributed by atoms with Crippen LogP contribution in [0.1, 0.15) is 12.0 Å². The van der Waals surface area contributed by atoms with Crippen molar-refractivity contribution < 1.29 is 0 Å². The van der Waals surface area contributed by atoms with Crippen LogP contribution in [0.15, 0.2) is 54.3 Å². The molecule has 1 aromatic carbocycles. The standard InChI is InChI=1S/C14H16N2S/c1-2-6-12(7-3-1)10-17-16-11-15-13-8-4-5-9-14(13)16/h1-7,9,13,15H,8,10-11H2. The van der Waals surface area contributed by atoms with Crippen molar-refractivity contribution in [2.45, 2.75) is 18.2 Å². The van der Waals surface area contributed by atoms with Crippen molar-refractivity contribution in [3.05, 3.63) is 59.8 Å². The molecule has 1 fully saturated rings. The van der Waals surface area contributed by atoms with Crippen LogP contribution in [-0.2, 0) is 5.75 Å². The molecule has 1 unspecified atom stereocenters. The molecule has 1 heterocycles. The van der Waals surface area contributed by atoms with Crippen LogP contribution in [0.3, 0.4) is 0 Å². The van der Waals surface area contributed by atoms with E-state index in [1.54, 1.807) is 0 Å². The van der Waals surface area contributed by atoms with E-state index in [0.29, 0.717) is 6.04 Å². The monoisotopic (exact) mass is 244 g/mol. The molecule has 0 spiro atoms. The van der Waals surface area contributed by atoms with Gasteiger partial charge in [0, 0.05) is 11.4 Å². The van der Waals surface area contributed by atoms with E-state index in [1.165, 1.54) is 11.3 Å². The zero-order valence-corrected chi connectivity index (χ0v) is 10.5. The van der Waals surface area contributed by atoms with Gasteiger partial charge in [-0.2, -0.15) is 0 Å². The van der Waals surface area contributed by atoms with Crippen LogP contribution in [0.2, 0.25) is 0 Å². The Labute approximate surface area is 107 Å². The molecule has 2 nitrogen and oxygen atoms in total. The lowest BCUT2D eigenvalue weighted by atomic mass is 10.1. The molecular weight excluding hydrogens is 228 g/mol. The summed E-state index contributed by atoms with van der Waals surface area (Å²) in [7, 11) is 0. The fourth-order valence-electron chi connectivity index (χ4n) is 2.19. The summed E-state index contributed by atoms with van der Waals surface area (Å²) in [6, 6.07) is 11.2. The van der Waals surface area contributed by atoms with Gasteiger partial charge in [-0.15, -0.1) is 0 Å². The largest absolute Gasteiger partial charge is 0.304 e. The molecule has 17 heavy (non-hydrogen) atoms. The van der Waals surface area contributed by atoms with Crippen molar-refractivity contribution in [1.29, 1.82) is 0 Å². The number of allylic oxidation sites excluding steroid dienone is 2. The lowest BCUT2D eigenvalue weighted by Crippen LogP contribution is -2.22. The molecule has 0 radical (unpaired) electrons. The lowest BCUT2D eigenvalue weighted by Gasteiger charge is -2.20. The summed E-state index contributed by atoms with van der Waals surface area (Å²) in [4.78, 5) is 0. The fraction of sp³-hybridized carbons (Fsp3) is 0.286. The molecule has 1 atom stereocenters. The van der Waals surface area contributed by atoms with Crippen LogP contribution in [0.5, 0.6) is 0 Å². The van der Waals surface area contributed by atoms with E-state index < -0.39 is 0 Å². The van der Waals surface area contributed by atoms with Gasteiger partial charge in [0.25, 0.3) is 0 Å². The fourth-order valence-corrected chi connectivity index (χ4v) is 3.19. The number of hydrogen-bond acceptors (Lipinski definition) is 3. The van der Waals surface area contributed by atoms with E-state index in [2.05, 4.69) is 58.2 Å². The highest BCUT2D eigenvalue weighted by atomic mass is 32.2. The molecule has 1 N–H and O–H groups in total. The second kappa shape index (κ2) is 4.98. The Morgan fingerprint density at radius 2 is 2.18 bits per heavy atom. The molecule has 1 aliphatic carbocycles. The molecule has 88 valence electrons. The van der Waals surface area contributed by atoms with Gasteiger partial charge >= 0.3 is 0 Å². The van der Waals surface area contributed by atoms with Gasteiger partial charge in [-0.25, -0.2) is 0 Å². The third-order valence-corrected chi connectivity index (χ3v) is 4.25. The molecule has 2 aliphatic rings. The van der Waals surface area contributed by atoms with Crippen molar-refractivity contribution in [2.24, 2.45) is 0 Å². The zero-order valence-electron chi connectivity index (χ0n) is 9.67. The highest BCUT2D eigenvalue weighted by molar-refractivity contribution is 7.96. The Balaban J connectivity index is 1.63. The van der Waals surface area contributed by atoms with E-state index in [4.69, 9.17) is 0 Å². The Morgan fingerprint density at radius 3 is 3.06 bits per heavy atom. The normalized spacial score (nSPS) is 22.5. The first kappa shape index (κ1) is 10.9. The minimum absolute atomic E-state index is 0.531. The quantitative estimate of drug-likeness (QED) is 0.823. The third kappa shape index (κ3) is 2.40. The van der Waals surface area contributed by atoms with E-state index >= 15 is 0 Å². The van der Waals surface area contributed by atoms with E-state index in [9.17, 15) is 0 Å². The van der Waals surface area contributed by atoms with Gasteiger partial charge in [0.05, 0.1) is 12.7 Å². The van der Waals surface area contributed by atoms with Crippen LogP contribution < -0.4 is 5.32 Å². The summed E-state index contributed by atoms with van der Waals surface area (Å²) in [6.45, 7) is 0.954. The van der Waals surface area contributed by atoms with E-state index in [1.807, 2.05) is 11.9 Å². The maximum Gasteiger partial charge on any atom is 0.0793 e. The zero-order chi connectivity index (χ0) is 11.5. The topological polar surface area (TPSA) is 15.3 Å². The van der Waals surface area contributed by atoms with Crippen LogP contribution in [0.25, 0.3) is 0 Å². The molecule has 1 saturated heterocycles. The summed E-state index contributed by atoms with van der Waals surface area (Å²) in [6.07, 6.45) is 7.74. The molecule has 0 bridgehead atoms. The average molecular weight is 244 g/mol. The first-order valence-electron chi connectivity index (χ1n) is 5.98. The number of nitrogens with zero attached hydrogens (tertiary/aromatic N) is 1. The number of fused-ring (bicyclic) bond motifs is 1. The summed E-state index contributed by atoms with van der Waals surface area (Å²) in [5, 5.41) is 3.53. The van der Waals surface area contributed by atoms with E-state index in [0.717, 1.165) is 18.8 Å². The highest BCUT2D eigenvalue weighted by Crippen LogP contribution is 2.30. The molecule has 3 rings (SSSR count). The molecule has 0 amide bonds. The summed E-state index contributed by atoms with van der Waals surface area (Å²) in [5.74, 6) is 1.04.